The van der Waals surface area contributed by atoms with Crippen LogP contribution >= 0.6 is 0 Å². The first-order valence-corrected chi connectivity index (χ1v) is 11.3. The second kappa shape index (κ2) is 7.06. The number of rotatable bonds is 3. The third kappa shape index (κ3) is 3.17. The van der Waals surface area contributed by atoms with Crippen LogP contribution < -0.4 is 9.47 Å². The summed E-state index contributed by atoms with van der Waals surface area (Å²) < 4.78 is 39.0. The van der Waals surface area contributed by atoms with Crippen LogP contribution in [0, 0.1) is 0 Å². The van der Waals surface area contributed by atoms with E-state index in [0.717, 1.165) is 25.9 Å². The Kier molecular flexibility index (Phi) is 4.53. The Morgan fingerprint density at radius 3 is 2.57 bits per heavy atom. The van der Waals surface area contributed by atoms with Gasteiger partial charge in [-0.2, -0.15) is 4.31 Å². The van der Waals surface area contributed by atoms with E-state index in [4.69, 9.17) is 9.47 Å². The predicted molar refractivity (Wildman–Crippen MR) is 105 cm³/mol. The molecule has 3 aliphatic rings. The van der Waals surface area contributed by atoms with E-state index in [-0.39, 0.29) is 10.9 Å². The highest BCUT2D eigenvalue weighted by atomic mass is 32.2. The lowest BCUT2D eigenvalue weighted by molar-refractivity contribution is 0.171. The van der Waals surface area contributed by atoms with Crippen LogP contribution in [0.4, 0.5) is 0 Å². The number of ether oxygens (including phenoxy) is 2. The molecule has 148 valence electrons. The van der Waals surface area contributed by atoms with E-state index < -0.39 is 10.0 Å². The molecule has 1 atom stereocenters. The molecule has 0 amide bonds. The summed E-state index contributed by atoms with van der Waals surface area (Å²) in [5.41, 5.74) is 2.78. The van der Waals surface area contributed by atoms with Gasteiger partial charge in [0.2, 0.25) is 10.0 Å². The Morgan fingerprint density at radius 1 is 0.929 bits per heavy atom. The monoisotopic (exact) mass is 400 g/mol. The molecule has 1 fully saturated rings. The zero-order chi connectivity index (χ0) is 19.1. The topological polar surface area (TPSA) is 59.1 Å². The molecule has 0 bridgehead atoms. The lowest BCUT2D eigenvalue weighted by Crippen LogP contribution is -2.41. The first-order chi connectivity index (χ1) is 13.6. The quantitative estimate of drug-likeness (QED) is 0.791. The van der Waals surface area contributed by atoms with Gasteiger partial charge in [0.15, 0.2) is 11.5 Å². The molecule has 1 unspecified atom stereocenters. The van der Waals surface area contributed by atoms with Gasteiger partial charge in [0.1, 0.15) is 13.2 Å². The Hall–Kier alpha value is -2.09. The normalized spacial score (nSPS) is 22.8. The zero-order valence-electron chi connectivity index (χ0n) is 15.7. The van der Waals surface area contributed by atoms with Gasteiger partial charge in [0, 0.05) is 38.3 Å². The Morgan fingerprint density at radius 2 is 1.71 bits per heavy atom. The SMILES string of the molecule is O=S(=O)(c1ccc2c(c1)OCCO2)N1CCC(N2CCc3ccccc3C2)C1. The smallest absolute Gasteiger partial charge is 0.243 e. The van der Waals surface area contributed by atoms with Crippen molar-refractivity contribution in [3.8, 4) is 11.5 Å². The van der Waals surface area contributed by atoms with Crippen LogP contribution in [0.5, 0.6) is 11.5 Å². The van der Waals surface area contributed by atoms with E-state index in [2.05, 4.69) is 29.2 Å². The van der Waals surface area contributed by atoms with Crippen LogP contribution in [0.1, 0.15) is 17.5 Å². The second-order valence-electron chi connectivity index (χ2n) is 7.60. The third-order valence-corrected chi connectivity index (χ3v) is 7.82. The van der Waals surface area contributed by atoms with Gasteiger partial charge >= 0.3 is 0 Å². The summed E-state index contributed by atoms with van der Waals surface area (Å²) in [7, 11) is -3.53. The summed E-state index contributed by atoms with van der Waals surface area (Å²) in [4.78, 5) is 2.71. The summed E-state index contributed by atoms with van der Waals surface area (Å²) in [5, 5.41) is 0. The van der Waals surface area contributed by atoms with Gasteiger partial charge in [-0.1, -0.05) is 24.3 Å². The van der Waals surface area contributed by atoms with Crippen LogP contribution in [-0.4, -0.2) is 56.5 Å². The predicted octanol–water partition coefficient (Wildman–Crippen LogP) is 2.28. The van der Waals surface area contributed by atoms with E-state index in [1.54, 1.807) is 22.5 Å². The minimum Gasteiger partial charge on any atom is -0.486 e. The highest BCUT2D eigenvalue weighted by Gasteiger charge is 2.36. The molecular formula is C21H24N2O4S. The number of hydrogen-bond donors (Lipinski definition) is 0. The summed E-state index contributed by atoms with van der Waals surface area (Å²) in [6.45, 7) is 3.92. The number of nitrogens with zero attached hydrogens (tertiary/aromatic N) is 2. The van der Waals surface area contributed by atoms with Gasteiger partial charge in [0.05, 0.1) is 4.90 Å². The van der Waals surface area contributed by atoms with Crippen molar-refractivity contribution >= 4 is 10.0 Å². The summed E-state index contributed by atoms with van der Waals surface area (Å²) >= 11 is 0. The van der Waals surface area contributed by atoms with Crippen molar-refractivity contribution in [2.24, 2.45) is 0 Å². The molecule has 0 aliphatic carbocycles. The first kappa shape index (κ1) is 18.0. The van der Waals surface area contributed by atoms with E-state index in [1.807, 2.05) is 0 Å². The molecule has 0 N–H and O–H groups in total. The molecule has 0 radical (unpaired) electrons. The highest BCUT2D eigenvalue weighted by molar-refractivity contribution is 7.89. The standard InChI is InChI=1S/C21H24N2O4S/c24-28(25,19-5-6-20-21(13-19)27-12-11-26-20)23-10-8-18(15-23)22-9-7-16-3-1-2-4-17(16)14-22/h1-6,13,18H,7-12,14-15H2. The molecule has 28 heavy (non-hydrogen) atoms. The molecule has 1 saturated heterocycles. The van der Waals surface area contributed by atoms with Crippen molar-refractivity contribution in [1.82, 2.24) is 9.21 Å². The van der Waals surface area contributed by atoms with Gasteiger partial charge in [0.25, 0.3) is 0 Å². The molecule has 6 nitrogen and oxygen atoms in total. The first-order valence-electron chi connectivity index (χ1n) is 9.82. The van der Waals surface area contributed by atoms with Gasteiger partial charge in [-0.3, -0.25) is 4.90 Å². The average Bonchev–Trinajstić information content (AvgIpc) is 3.24. The largest absolute Gasteiger partial charge is 0.486 e. The fourth-order valence-corrected chi connectivity index (χ4v) is 5.90. The summed E-state index contributed by atoms with van der Waals surface area (Å²) in [6.07, 6.45) is 1.90. The van der Waals surface area contributed by atoms with Crippen LogP contribution in [-0.2, 0) is 23.0 Å². The van der Waals surface area contributed by atoms with Crippen LogP contribution in [0.25, 0.3) is 0 Å². The Balaban J connectivity index is 1.32. The number of sulfonamides is 1. The molecule has 2 aromatic carbocycles. The number of benzene rings is 2. The molecule has 0 saturated carbocycles. The number of hydrogen-bond acceptors (Lipinski definition) is 5. The minimum atomic E-state index is -3.53. The van der Waals surface area contributed by atoms with Crippen LogP contribution in [0.15, 0.2) is 47.4 Å². The third-order valence-electron chi connectivity index (χ3n) is 5.95. The molecular weight excluding hydrogens is 376 g/mol. The zero-order valence-corrected chi connectivity index (χ0v) is 16.5. The minimum absolute atomic E-state index is 0.264. The average molecular weight is 401 g/mol. The van der Waals surface area contributed by atoms with Crippen molar-refractivity contribution < 1.29 is 17.9 Å². The molecule has 0 aromatic heterocycles. The maximum Gasteiger partial charge on any atom is 0.243 e. The summed E-state index contributed by atoms with van der Waals surface area (Å²) in [5.74, 6) is 1.12. The lowest BCUT2D eigenvalue weighted by Gasteiger charge is -2.33. The molecule has 2 aromatic rings. The number of fused-ring (bicyclic) bond motifs is 2. The Labute approximate surface area is 165 Å². The molecule has 3 heterocycles. The van der Waals surface area contributed by atoms with Gasteiger partial charge in [-0.25, -0.2) is 8.42 Å². The van der Waals surface area contributed by atoms with Crippen molar-refractivity contribution in [1.29, 1.82) is 0 Å². The van der Waals surface area contributed by atoms with Crippen LogP contribution in [0.2, 0.25) is 0 Å². The van der Waals surface area contributed by atoms with Crippen molar-refractivity contribution in [2.45, 2.75) is 30.3 Å². The Bertz CT molecular complexity index is 992. The molecule has 0 spiro atoms. The molecule has 7 heteroatoms. The molecule has 3 aliphatic heterocycles. The maximum atomic E-state index is 13.2. The fourth-order valence-electron chi connectivity index (χ4n) is 4.39. The van der Waals surface area contributed by atoms with Gasteiger partial charge in [-0.05, 0) is 36.1 Å². The van der Waals surface area contributed by atoms with Crippen LogP contribution in [0.3, 0.4) is 0 Å². The fraction of sp³-hybridized carbons (Fsp3) is 0.429. The van der Waals surface area contributed by atoms with E-state index in [0.29, 0.717) is 37.8 Å². The van der Waals surface area contributed by atoms with Crippen molar-refractivity contribution in [2.75, 3.05) is 32.8 Å². The van der Waals surface area contributed by atoms with E-state index in [9.17, 15) is 8.42 Å². The maximum absolute atomic E-state index is 13.2. The molecule has 5 rings (SSSR count). The van der Waals surface area contributed by atoms with Gasteiger partial charge < -0.3 is 9.47 Å². The van der Waals surface area contributed by atoms with E-state index >= 15 is 0 Å². The van der Waals surface area contributed by atoms with Crippen molar-refractivity contribution in [3.05, 3.63) is 53.6 Å². The lowest BCUT2D eigenvalue weighted by atomic mass is 9.98. The van der Waals surface area contributed by atoms with E-state index in [1.165, 1.54) is 11.1 Å². The van der Waals surface area contributed by atoms with Crippen molar-refractivity contribution in [3.63, 3.8) is 0 Å². The summed E-state index contributed by atoms with van der Waals surface area (Å²) in [6, 6.07) is 13.7. The highest BCUT2D eigenvalue weighted by Crippen LogP contribution is 2.34. The van der Waals surface area contributed by atoms with Gasteiger partial charge in [-0.15, -0.1) is 0 Å². The second-order valence-corrected chi connectivity index (χ2v) is 9.54.